The molecule has 6 heteroatoms. The van der Waals surface area contributed by atoms with Crippen LogP contribution in [-0.4, -0.2) is 37.0 Å². The van der Waals surface area contributed by atoms with Gasteiger partial charge in [-0.25, -0.2) is 0 Å². The van der Waals surface area contributed by atoms with Gasteiger partial charge in [0, 0.05) is 0 Å². The Morgan fingerprint density at radius 1 is 0.258 bits per heavy atom. The van der Waals surface area contributed by atoms with E-state index in [4.69, 9.17) is 22.5 Å². The summed E-state index contributed by atoms with van der Waals surface area (Å²) in [5.41, 5.74) is 0. The van der Waals surface area contributed by atoms with Crippen molar-refractivity contribution in [1.82, 2.24) is 0 Å². The topological polar surface area (TPSA) is 0 Å². The van der Waals surface area contributed by atoms with E-state index in [-0.39, 0.29) is 0 Å². The summed E-state index contributed by atoms with van der Waals surface area (Å²) in [4.78, 5) is 0. The summed E-state index contributed by atoms with van der Waals surface area (Å²) >= 11 is 18.0. The van der Waals surface area contributed by atoms with Gasteiger partial charge in [0.05, 0.1) is 0 Å². The van der Waals surface area contributed by atoms with Crippen molar-refractivity contribution in [2.45, 2.75) is 12.8 Å². The summed E-state index contributed by atoms with van der Waals surface area (Å²) in [5, 5.41) is 10.7. The van der Waals surface area contributed by atoms with Crippen LogP contribution in [0.3, 0.4) is 0 Å². The first-order valence-electron chi connectivity index (χ1n) is 21.8. The first-order valence-corrected chi connectivity index (χ1v) is 31.9. The summed E-state index contributed by atoms with van der Waals surface area (Å²) in [6, 6.07) is 89.0. The van der Waals surface area contributed by atoms with Crippen LogP contribution in [0.2, 0.25) is 0 Å². The molecule has 0 unspecified atom stereocenters. The summed E-state index contributed by atoms with van der Waals surface area (Å²) in [6.45, 7) is 0. The van der Waals surface area contributed by atoms with Crippen molar-refractivity contribution >= 4 is 92.7 Å². The quantitative estimate of drug-likeness (QED) is 0.0709. The summed E-state index contributed by atoms with van der Waals surface area (Å²) in [5.74, 6) is -7.01. The maximum atomic E-state index is 9.01. The summed E-state index contributed by atoms with van der Waals surface area (Å²) < 4.78 is 0. The molecule has 0 fully saturated rings. The Morgan fingerprint density at radius 3 is 0.661 bits per heavy atom. The van der Waals surface area contributed by atoms with E-state index in [1.165, 1.54) is 42.4 Å². The molecule has 0 saturated heterocycles. The first kappa shape index (κ1) is 44.7. The molecule has 0 bridgehead atoms. The molecule has 0 aliphatic carbocycles. The zero-order chi connectivity index (χ0) is 42.6. The van der Waals surface area contributed by atoms with E-state index in [1.807, 2.05) is 0 Å². The number of hydrogen-bond acceptors (Lipinski definition) is 0. The van der Waals surface area contributed by atoms with Crippen molar-refractivity contribution in [3.05, 3.63) is 243 Å². The number of benzene rings is 8. The minimum atomic E-state index is -3.51. The minimum absolute atomic E-state index is 0.585. The number of rotatable bonds is 19. The molecule has 8 rings (SSSR count). The molecule has 0 atom stereocenters. The van der Waals surface area contributed by atoms with Crippen molar-refractivity contribution in [3.8, 4) is 0 Å². The SMILES string of the molecule is ClP(CCCP(c1ccccc1)c1ccccc1)(CCP(Cl)(CCCP(c1ccccc1)c1ccccc1)(c1ccccc1)c1ccccc1)(c1ccccc1)c1ccccc1. The molecule has 0 amide bonds. The molecule has 0 aliphatic rings. The van der Waals surface area contributed by atoms with Crippen molar-refractivity contribution < 1.29 is 0 Å². The summed E-state index contributed by atoms with van der Waals surface area (Å²) in [6.07, 6.45) is 7.47. The third kappa shape index (κ3) is 9.60. The van der Waals surface area contributed by atoms with Crippen LogP contribution >= 0.6 is 50.2 Å². The second-order valence-corrected chi connectivity index (χ2v) is 35.3. The molecule has 0 aliphatic heterocycles. The van der Waals surface area contributed by atoms with Crippen LogP contribution in [0.25, 0.3) is 0 Å². The van der Waals surface area contributed by atoms with Gasteiger partial charge in [-0.2, -0.15) is 0 Å². The van der Waals surface area contributed by atoms with Crippen LogP contribution in [0.4, 0.5) is 0 Å². The fourth-order valence-electron chi connectivity index (χ4n) is 9.41. The Bertz CT molecular complexity index is 2220. The molecule has 8 aromatic rings. The van der Waals surface area contributed by atoms with Gasteiger partial charge >= 0.3 is 385 Å². The van der Waals surface area contributed by atoms with Crippen LogP contribution in [0.15, 0.2) is 243 Å². The third-order valence-electron chi connectivity index (χ3n) is 12.7. The third-order valence-corrected chi connectivity index (χ3v) is 33.4. The van der Waals surface area contributed by atoms with Gasteiger partial charge in [0.25, 0.3) is 0 Å². The molecule has 62 heavy (non-hydrogen) atoms. The second-order valence-electron chi connectivity index (χ2n) is 16.3. The van der Waals surface area contributed by atoms with Gasteiger partial charge in [0.1, 0.15) is 0 Å². The van der Waals surface area contributed by atoms with Gasteiger partial charge in [0.15, 0.2) is 0 Å². The Kier molecular flexibility index (Phi) is 14.6. The van der Waals surface area contributed by atoms with E-state index in [9.17, 15) is 0 Å². The van der Waals surface area contributed by atoms with Gasteiger partial charge < -0.3 is 0 Å². The Labute approximate surface area is 382 Å². The Balaban J connectivity index is 1.23. The van der Waals surface area contributed by atoms with Gasteiger partial charge in [0.2, 0.25) is 0 Å². The van der Waals surface area contributed by atoms with Crippen LogP contribution < -0.4 is 42.4 Å². The molecule has 314 valence electrons. The second kappa shape index (κ2) is 20.3. The fourth-order valence-corrected chi connectivity index (χ4v) is 29.6. The van der Waals surface area contributed by atoms with Crippen molar-refractivity contribution in [3.63, 3.8) is 0 Å². The predicted molar refractivity (Wildman–Crippen MR) is 286 cm³/mol. The average Bonchev–Trinajstić information content (AvgIpc) is 3.36. The molecule has 0 spiro atoms. The van der Waals surface area contributed by atoms with E-state index in [0.29, 0.717) is 0 Å². The number of halogens is 2. The molecule has 0 aromatic heterocycles. The average molecular weight is 924 g/mol. The maximum absolute atomic E-state index is 9.01. The monoisotopic (exact) mass is 922 g/mol. The van der Waals surface area contributed by atoms with Gasteiger partial charge in [-0.05, 0) is 0 Å². The van der Waals surface area contributed by atoms with Gasteiger partial charge in [-0.15, -0.1) is 0 Å². The van der Waals surface area contributed by atoms with Crippen molar-refractivity contribution in [2.24, 2.45) is 0 Å². The van der Waals surface area contributed by atoms with Gasteiger partial charge in [-0.1, -0.05) is 0 Å². The van der Waals surface area contributed by atoms with Crippen LogP contribution in [-0.2, 0) is 0 Å². The molecule has 0 N–H and O–H groups in total. The van der Waals surface area contributed by atoms with Gasteiger partial charge in [-0.3, -0.25) is 0 Å². The molecular weight excluding hydrogens is 867 g/mol. The zero-order valence-corrected chi connectivity index (χ0v) is 40.4. The first-order chi connectivity index (χ1) is 30.4. The van der Waals surface area contributed by atoms with Crippen LogP contribution in [0.5, 0.6) is 0 Å². The molecule has 8 aromatic carbocycles. The van der Waals surface area contributed by atoms with E-state index >= 15 is 0 Å². The number of hydrogen-bond donors (Lipinski definition) is 0. The molecule has 0 saturated carbocycles. The van der Waals surface area contributed by atoms with Crippen LogP contribution in [0, 0.1) is 0 Å². The molecule has 0 nitrogen and oxygen atoms in total. The van der Waals surface area contributed by atoms with Crippen molar-refractivity contribution in [1.29, 1.82) is 0 Å². The van der Waals surface area contributed by atoms with E-state index in [0.717, 1.165) is 49.8 Å². The van der Waals surface area contributed by atoms with E-state index in [1.54, 1.807) is 0 Å². The Hall–Kier alpha value is -3.94. The predicted octanol–water partition coefficient (Wildman–Crippen LogP) is 12.7. The van der Waals surface area contributed by atoms with Crippen LogP contribution in [0.1, 0.15) is 12.8 Å². The Morgan fingerprint density at radius 2 is 0.452 bits per heavy atom. The standard InChI is InChI=1S/C56H56Cl2P4/c57-61(53-35-17-5-18-36-53,54-37-19-6-20-38-54,45-25-43-59(49-27-9-1-10-28-49)50-29-11-2-12-30-50)47-48-62(58,55-39-21-7-22-40-55,56-41-23-8-24-42-56)46-26-44-60(51-31-13-3-14-32-51)52-33-15-4-16-34-52/h1-24,27-42H,25-26,43-48H2. The molecule has 0 radical (unpaired) electrons. The molecular formula is C56H56Cl2P4. The molecule has 0 heterocycles. The van der Waals surface area contributed by atoms with Crippen molar-refractivity contribution in [2.75, 3.05) is 37.0 Å². The summed E-state index contributed by atoms with van der Waals surface area (Å²) in [7, 11) is -1.17. The zero-order valence-electron chi connectivity index (χ0n) is 35.3. The normalized spacial score (nSPS) is 13.2. The fraction of sp³-hybridized carbons (Fsp3) is 0.143. The van der Waals surface area contributed by atoms with E-state index < -0.39 is 27.8 Å². The van der Waals surface area contributed by atoms with E-state index in [2.05, 4.69) is 243 Å².